The molecule has 0 aromatic heterocycles. The van der Waals surface area contributed by atoms with Crippen molar-refractivity contribution in [3.63, 3.8) is 0 Å². The average molecular weight is 238 g/mol. The lowest BCUT2D eigenvalue weighted by Crippen LogP contribution is -2.37. The van der Waals surface area contributed by atoms with E-state index in [1.807, 2.05) is 0 Å². The van der Waals surface area contributed by atoms with Crippen LogP contribution in [-0.2, 0) is 4.79 Å². The van der Waals surface area contributed by atoms with Crippen LogP contribution in [0, 0.1) is 10.1 Å². The zero-order valence-electron chi connectivity index (χ0n) is 9.66. The molecule has 0 saturated heterocycles. The Morgan fingerprint density at radius 3 is 2.71 bits per heavy atom. The second-order valence-corrected chi connectivity index (χ2v) is 3.65. The van der Waals surface area contributed by atoms with Gasteiger partial charge in [-0.25, -0.2) is 4.79 Å². The third kappa shape index (κ3) is 2.93. The molecule has 0 aliphatic rings. The summed E-state index contributed by atoms with van der Waals surface area (Å²) >= 11 is 0. The molecule has 0 heterocycles. The fourth-order valence-electron chi connectivity index (χ4n) is 1.62. The number of anilines is 1. The minimum atomic E-state index is -0.943. The number of non-ortho nitro benzene ring substituents is 1. The third-order valence-electron chi connectivity index (χ3n) is 2.59. The normalized spacial score (nSPS) is 11.9. The third-order valence-corrected chi connectivity index (χ3v) is 2.59. The largest absolute Gasteiger partial charge is 0.480 e. The summed E-state index contributed by atoms with van der Waals surface area (Å²) in [5, 5.41) is 19.6. The van der Waals surface area contributed by atoms with Crippen LogP contribution < -0.4 is 4.90 Å². The molecule has 1 atom stereocenters. The molecule has 0 saturated carbocycles. The van der Waals surface area contributed by atoms with Crippen LogP contribution in [0.3, 0.4) is 0 Å². The van der Waals surface area contributed by atoms with E-state index in [2.05, 4.69) is 0 Å². The second-order valence-electron chi connectivity index (χ2n) is 3.65. The highest BCUT2D eigenvalue weighted by Gasteiger charge is 2.21. The number of hydrogen-bond acceptors (Lipinski definition) is 4. The molecule has 92 valence electrons. The van der Waals surface area contributed by atoms with Gasteiger partial charge in [0.05, 0.1) is 4.92 Å². The lowest BCUT2D eigenvalue weighted by molar-refractivity contribution is -0.384. The first-order valence-corrected chi connectivity index (χ1v) is 5.17. The van der Waals surface area contributed by atoms with Crippen molar-refractivity contribution in [3.05, 3.63) is 34.4 Å². The van der Waals surface area contributed by atoms with Gasteiger partial charge in [-0.1, -0.05) is 13.0 Å². The van der Waals surface area contributed by atoms with Crippen molar-refractivity contribution in [2.45, 2.75) is 19.4 Å². The van der Waals surface area contributed by atoms with Gasteiger partial charge in [0.1, 0.15) is 6.04 Å². The molecule has 0 aliphatic heterocycles. The summed E-state index contributed by atoms with van der Waals surface area (Å²) in [7, 11) is 1.61. The molecule has 0 amide bonds. The first kappa shape index (κ1) is 13.0. The zero-order valence-corrected chi connectivity index (χ0v) is 9.66. The van der Waals surface area contributed by atoms with Crippen LogP contribution in [0.4, 0.5) is 11.4 Å². The predicted octanol–water partition coefficient (Wildman–Crippen LogP) is 1.89. The SMILES string of the molecule is CC[C@H](C(=O)O)N(C)c1cccc([N+](=O)[O-])c1. The number of hydrogen-bond donors (Lipinski definition) is 1. The molecule has 0 bridgehead atoms. The van der Waals surface area contributed by atoms with Crippen molar-refractivity contribution < 1.29 is 14.8 Å². The predicted molar refractivity (Wildman–Crippen MR) is 63.2 cm³/mol. The highest BCUT2D eigenvalue weighted by molar-refractivity contribution is 5.78. The average Bonchev–Trinajstić information content (AvgIpc) is 2.29. The van der Waals surface area contributed by atoms with Gasteiger partial charge in [0, 0.05) is 24.9 Å². The molecule has 0 spiro atoms. The number of benzene rings is 1. The van der Waals surface area contributed by atoms with Crippen LogP contribution >= 0.6 is 0 Å². The summed E-state index contributed by atoms with van der Waals surface area (Å²) in [6.45, 7) is 1.76. The smallest absolute Gasteiger partial charge is 0.326 e. The first-order valence-electron chi connectivity index (χ1n) is 5.17. The van der Waals surface area contributed by atoms with Crippen LogP contribution in [0.25, 0.3) is 0 Å². The number of likely N-dealkylation sites (N-methyl/N-ethyl adjacent to an activating group) is 1. The Morgan fingerprint density at radius 1 is 1.59 bits per heavy atom. The van der Waals surface area contributed by atoms with Crippen LogP contribution in [0.5, 0.6) is 0 Å². The number of nitro groups is 1. The first-order chi connectivity index (χ1) is 7.97. The van der Waals surface area contributed by atoms with E-state index >= 15 is 0 Å². The number of nitro benzene ring substituents is 1. The fourth-order valence-corrected chi connectivity index (χ4v) is 1.62. The lowest BCUT2D eigenvalue weighted by Gasteiger charge is -2.25. The van der Waals surface area contributed by atoms with E-state index in [-0.39, 0.29) is 5.69 Å². The standard InChI is InChI=1S/C11H14N2O4/c1-3-10(11(14)15)12(2)8-5-4-6-9(7-8)13(16)17/h4-7,10H,3H2,1-2H3,(H,14,15)/t10-/m1/s1. The van der Waals surface area contributed by atoms with E-state index in [9.17, 15) is 14.9 Å². The van der Waals surface area contributed by atoms with Crippen LogP contribution in [0.15, 0.2) is 24.3 Å². The highest BCUT2D eigenvalue weighted by atomic mass is 16.6. The molecule has 0 aliphatic carbocycles. The van der Waals surface area contributed by atoms with Gasteiger partial charge in [-0.15, -0.1) is 0 Å². The summed E-state index contributed by atoms with van der Waals surface area (Å²) in [5.74, 6) is -0.943. The van der Waals surface area contributed by atoms with Gasteiger partial charge in [-0.2, -0.15) is 0 Å². The molecule has 1 rings (SSSR count). The molecule has 0 fully saturated rings. The van der Waals surface area contributed by atoms with Crippen molar-refractivity contribution in [3.8, 4) is 0 Å². The monoisotopic (exact) mass is 238 g/mol. The van der Waals surface area contributed by atoms with E-state index in [1.54, 1.807) is 26.1 Å². The van der Waals surface area contributed by atoms with Crippen LogP contribution in [0.2, 0.25) is 0 Å². The van der Waals surface area contributed by atoms with E-state index < -0.39 is 16.9 Å². The van der Waals surface area contributed by atoms with Crippen molar-refractivity contribution in [1.82, 2.24) is 0 Å². The van der Waals surface area contributed by atoms with Gasteiger partial charge in [-0.05, 0) is 12.5 Å². The second kappa shape index (κ2) is 5.29. The number of aliphatic carboxylic acids is 1. The molecule has 1 aromatic carbocycles. The van der Waals surface area contributed by atoms with Crippen molar-refractivity contribution in [2.24, 2.45) is 0 Å². The Balaban J connectivity index is 3.02. The molecule has 6 nitrogen and oxygen atoms in total. The Labute approximate surface area is 98.6 Å². The maximum atomic E-state index is 11.0. The van der Waals surface area contributed by atoms with Crippen LogP contribution in [-0.4, -0.2) is 29.1 Å². The highest BCUT2D eigenvalue weighted by Crippen LogP contribution is 2.22. The Hall–Kier alpha value is -2.11. The topological polar surface area (TPSA) is 83.7 Å². The summed E-state index contributed by atoms with van der Waals surface area (Å²) in [6.07, 6.45) is 0.425. The van der Waals surface area contributed by atoms with E-state index in [1.165, 1.54) is 17.0 Å². The number of rotatable bonds is 5. The van der Waals surface area contributed by atoms with Gasteiger partial charge >= 0.3 is 5.97 Å². The molecular formula is C11H14N2O4. The number of carbonyl (C=O) groups is 1. The summed E-state index contributed by atoms with van der Waals surface area (Å²) in [4.78, 5) is 22.6. The minimum absolute atomic E-state index is 0.0467. The van der Waals surface area contributed by atoms with E-state index in [0.29, 0.717) is 12.1 Å². The molecule has 0 radical (unpaired) electrons. The Kier molecular flexibility index (Phi) is 4.03. The Morgan fingerprint density at radius 2 is 2.24 bits per heavy atom. The quantitative estimate of drug-likeness (QED) is 0.625. The summed E-state index contributed by atoms with van der Waals surface area (Å²) < 4.78 is 0. The minimum Gasteiger partial charge on any atom is -0.480 e. The fraction of sp³-hybridized carbons (Fsp3) is 0.364. The van der Waals surface area contributed by atoms with Crippen molar-refractivity contribution >= 4 is 17.3 Å². The van der Waals surface area contributed by atoms with Crippen molar-refractivity contribution in [2.75, 3.05) is 11.9 Å². The van der Waals surface area contributed by atoms with E-state index in [0.717, 1.165) is 0 Å². The zero-order chi connectivity index (χ0) is 13.0. The number of carboxylic acid groups (broad SMARTS) is 1. The molecule has 6 heteroatoms. The number of nitrogens with zero attached hydrogens (tertiary/aromatic N) is 2. The summed E-state index contributed by atoms with van der Waals surface area (Å²) in [6, 6.07) is 5.25. The van der Waals surface area contributed by atoms with Gasteiger partial charge < -0.3 is 10.0 Å². The maximum Gasteiger partial charge on any atom is 0.326 e. The Bertz CT molecular complexity index is 433. The van der Waals surface area contributed by atoms with Gasteiger partial charge in [0.2, 0.25) is 0 Å². The molecule has 1 aromatic rings. The van der Waals surface area contributed by atoms with Gasteiger partial charge in [0.25, 0.3) is 5.69 Å². The van der Waals surface area contributed by atoms with Crippen molar-refractivity contribution in [1.29, 1.82) is 0 Å². The summed E-state index contributed by atoms with van der Waals surface area (Å²) in [5.41, 5.74) is 0.475. The van der Waals surface area contributed by atoms with Gasteiger partial charge in [0.15, 0.2) is 0 Å². The van der Waals surface area contributed by atoms with Crippen LogP contribution in [0.1, 0.15) is 13.3 Å². The molecular weight excluding hydrogens is 224 g/mol. The maximum absolute atomic E-state index is 11.0. The molecule has 0 unspecified atom stereocenters. The van der Waals surface area contributed by atoms with E-state index in [4.69, 9.17) is 5.11 Å². The lowest BCUT2D eigenvalue weighted by atomic mass is 10.1. The molecule has 1 N–H and O–H groups in total. The number of carboxylic acids is 1. The van der Waals surface area contributed by atoms with Gasteiger partial charge in [-0.3, -0.25) is 10.1 Å². The molecule has 17 heavy (non-hydrogen) atoms.